The molecule has 0 bridgehead atoms. The number of nitrogens with one attached hydrogen (secondary N) is 2. The molecule has 6 nitrogen and oxygen atoms in total. The van der Waals surface area contributed by atoms with Crippen LogP contribution in [-0.2, 0) is 16.4 Å². The number of guanidine groups is 1. The van der Waals surface area contributed by atoms with Crippen LogP contribution in [0.2, 0.25) is 0 Å². The molecule has 1 aromatic carbocycles. The summed E-state index contributed by atoms with van der Waals surface area (Å²) < 4.78 is 22.7. The molecule has 0 fully saturated rings. The van der Waals surface area contributed by atoms with Gasteiger partial charge in [0, 0.05) is 29.3 Å². The highest BCUT2D eigenvalue weighted by molar-refractivity contribution is 14.0. The summed E-state index contributed by atoms with van der Waals surface area (Å²) in [6.07, 6.45) is 1.80. The van der Waals surface area contributed by atoms with Crippen LogP contribution in [0.1, 0.15) is 30.8 Å². The molecule has 0 spiro atoms. The Morgan fingerprint density at radius 2 is 1.96 bits per heavy atom. The minimum atomic E-state index is -2.96. The smallest absolute Gasteiger partial charge is 0.191 e. The fourth-order valence-electron chi connectivity index (χ4n) is 2.45. The SMILES string of the molecule is CCNC(=NCc1sc(-c2ccccc2)nc1C)NC(C)CCS(C)(=O)=O.I. The van der Waals surface area contributed by atoms with Crippen molar-refractivity contribution in [2.75, 3.05) is 18.6 Å². The van der Waals surface area contributed by atoms with Crippen LogP contribution < -0.4 is 10.6 Å². The Hall–Kier alpha value is -1.20. The number of sulfone groups is 1. The summed E-state index contributed by atoms with van der Waals surface area (Å²) >= 11 is 1.65. The van der Waals surface area contributed by atoms with Crippen LogP contribution in [0.25, 0.3) is 10.6 Å². The Morgan fingerprint density at radius 3 is 2.57 bits per heavy atom. The molecule has 0 saturated heterocycles. The van der Waals surface area contributed by atoms with Crippen molar-refractivity contribution in [1.82, 2.24) is 15.6 Å². The number of thiazole rings is 1. The van der Waals surface area contributed by atoms with E-state index in [-0.39, 0.29) is 35.8 Å². The maximum Gasteiger partial charge on any atom is 0.191 e. The summed E-state index contributed by atoms with van der Waals surface area (Å²) in [5, 5.41) is 7.49. The van der Waals surface area contributed by atoms with Crippen LogP contribution in [0.5, 0.6) is 0 Å². The Morgan fingerprint density at radius 1 is 1.29 bits per heavy atom. The van der Waals surface area contributed by atoms with Crippen molar-refractivity contribution in [2.24, 2.45) is 4.99 Å². The number of aryl methyl sites for hydroxylation is 1. The molecular weight excluding hydrogens is 507 g/mol. The van der Waals surface area contributed by atoms with Gasteiger partial charge in [-0.05, 0) is 27.2 Å². The van der Waals surface area contributed by atoms with Gasteiger partial charge >= 0.3 is 0 Å². The first-order chi connectivity index (χ1) is 12.8. The lowest BCUT2D eigenvalue weighted by Crippen LogP contribution is -2.42. The molecule has 1 aromatic heterocycles. The second kappa shape index (κ2) is 11.7. The zero-order chi connectivity index (χ0) is 19.9. The van der Waals surface area contributed by atoms with Gasteiger partial charge in [-0.1, -0.05) is 30.3 Å². The van der Waals surface area contributed by atoms with Gasteiger partial charge in [-0.3, -0.25) is 0 Å². The zero-order valence-electron chi connectivity index (χ0n) is 16.7. The summed E-state index contributed by atoms with van der Waals surface area (Å²) in [6, 6.07) is 10.1. The van der Waals surface area contributed by atoms with E-state index in [4.69, 9.17) is 0 Å². The normalized spacial score (nSPS) is 12.9. The fourth-order valence-corrected chi connectivity index (χ4v) is 4.22. The third-order valence-corrected chi connectivity index (χ3v) is 6.11. The second-order valence-electron chi connectivity index (χ2n) is 6.55. The molecule has 2 N–H and O–H groups in total. The highest BCUT2D eigenvalue weighted by atomic mass is 127. The lowest BCUT2D eigenvalue weighted by molar-refractivity contribution is 0.581. The van der Waals surface area contributed by atoms with Gasteiger partial charge in [0.1, 0.15) is 14.8 Å². The number of hydrogen-bond acceptors (Lipinski definition) is 5. The quantitative estimate of drug-likeness (QED) is 0.306. The molecule has 156 valence electrons. The lowest BCUT2D eigenvalue weighted by atomic mass is 10.2. The van der Waals surface area contributed by atoms with E-state index in [1.807, 2.05) is 39.0 Å². The van der Waals surface area contributed by atoms with Gasteiger partial charge in [0.05, 0.1) is 18.0 Å². The molecule has 2 aromatic rings. The molecule has 0 aliphatic rings. The van der Waals surface area contributed by atoms with Crippen LogP contribution in [0.3, 0.4) is 0 Å². The fraction of sp³-hybridized carbons (Fsp3) is 0.474. The molecule has 1 heterocycles. The molecule has 0 aliphatic carbocycles. The standard InChI is InChI=1S/C19H28N4O2S2.HI/c1-5-20-19(22-14(2)11-12-27(4,24)25)21-13-17-15(3)23-18(26-17)16-9-7-6-8-10-16;/h6-10,14H,5,11-13H2,1-4H3,(H2,20,21,22);1H. The highest BCUT2D eigenvalue weighted by Gasteiger charge is 2.11. The van der Waals surface area contributed by atoms with Crippen LogP contribution >= 0.6 is 35.3 Å². The maximum absolute atomic E-state index is 11.3. The van der Waals surface area contributed by atoms with E-state index in [1.54, 1.807) is 11.3 Å². The number of hydrogen-bond donors (Lipinski definition) is 2. The molecule has 1 atom stereocenters. The van der Waals surface area contributed by atoms with Crippen molar-refractivity contribution >= 4 is 51.1 Å². The molecule has 2 rings (SSSR count). The topological polar surface area (TPSA) is 83.4 Å². The van der Waals surface area contributed by atoms with Crippen molar-refractivity contribution < 1.29 is 8.42 Å². The Labute approximate surface area is 189 Å². The van der Waals surface area contributed by atoms with E-state index in [9.17, 15) is 8.42 Å². The van der Waals surface area contributed by atoms with Gasteiger partial charge in [-0.25, -0.2) is 18.4 Å². The van der Waals surface area contributed by atoms with Crippen molar-refractivity contribution in [3.63, 3.8) is 0 Å². The molecule has 9 heteroatoms. The Kier molecular flexibility index (Phi) is 10.4. The summed E-state index contributed by atoms with van der Waals surface area (Å²) in [6.45, 7) is 7.24. The number of aromatic nitrogens is 1. The van der Waals surface area contributed by atoms with Gasteiger partial charge in [-0.2, -0.15) is 0 Å². The van der Waals surface area contributed by atoms with E-state index in [0.717, 1.165) is 27.7 Å². The summed E-state index contributed by atoms with van der Waals surface area (Å²) in [4.78, 5) is 10.4. The van der Waals surface area contributed by atoms with Crippen molar-refractivity contribution in [1.29, 1.82) is 0 Å². The van der Waals surface area contributed by atoms with Gasteiger partial charge in [-0.15, -0.1) is 35.3 Å². The van der Waals surface area contributed by atoms with Gasteiger partial charge < -0.3 is 10.6 Å². The van der Waals surface area contributed by atoms with Crippen molar-refractivity contribution in [3.05, 3.63) is 40.9 Å². The molecule has 0 saturated carbocycles. The van der Waals surface area contributed by atoms with E-state index in [2.05, 4.69) is 32.7 Å². The molecule has 0 aliphatic heterocycles. The van der Waals surface area contributed by atoms with Crippen LogP contribution in [-0.4, -0.2) is 44.0 Å². The highest BCUT2D eigenvalue weighted by Crippen LogP contribution is 2.28. The number of halogens is 1. The molecular formula is C19H29IN4O2S2. The Balaban J connectivity index is 0.00000392. The largest absolute Gasteiger partial charge is 0.357 e. The van der Waals surface area contributed by atoms with Crippen molar-refractivity contribution in [3.8, 4) is 10.6 Å². The summed E-state index contributed by atoms with van der Waals surface area (Å²) in [7, 11) is -2.96. The monoisotopic (exact) mass is 536 g/mol. The number of benzene rings is 1. The minimum Gasteiger partial charge on any atom is -0.357 e. The van der Waals surface area contributed by atoms with E-state index < -0.39 is 9.84 Å². The Bertz CT molecular complexity index is 867. The third-order valence-electron chi connectivity index (χ3n) is 3.94. The average Bonchev–Trinajstić information content (AvgIpc) is 2.99. The first-order valence-corrected chi connectivity index (χ1v) is 11.9. The zero-order valence-corrected chi connectivity index (χ0v) is 20.7. The predicted molar refractivity (Wildman–Crippen MR) is 129 cm³/mol. The maximum atomic E-state index is 11.3. The lowest BCUT2D eigenvalue weighted by Gasteiger charge is -2.17. The third kappa shape index (κ3) is 8.44. The van der Waals surface area contributed by atoms with Gasteiger partial charge in [0.15, 0.2) is 5.96 Å². The first-order valence-electron chi connectivity index (χ1n) is 9.02. The van der Waals surface area contributed by atoms with E-state index in [1.165, 1.54) is 6.26 Å². The van der Waals surface area contributed by atoms with E-state index >= 15 is 0 Å². The van der Waals surface area contributed by atoms with Crippen LogP contribution in [0, 0.1) is 6.92 Å². The second-order valence-corrected chi connectivity index (χ2v) is 9.90. The molecule has 0 radical (unpaired) electrons. The number of rotatable bonds is 8. The first kappa shape index (κ1) is 24.8. The summed E-state index contributed by atoms with van der Waals surface area (Å²) in [5.41, 5.74) is 2.10. The van der Waals surface area contributed by atoms with Crippen LogP contribution in [0.15, 0.2) is 35.3 Å². The van der Waals surface area contributed by atoms with Crippen LogP contribution in [0.4, 0.5) is 0 Å². The number of aliphatic imine (C=N–C) groups is 1. The van der Waals surface area contributed by atoms with Gasteiger partial charge in [0.2, 0.25) is 0 Å². The van der Waals surface area contributed by atoms with E-state index in [0.29, 0.717) is 18.9 Å². The summed E-state index contributed by atoms with van der Waals surface area (Å²) in [5.74, 6) is 0.849. The molecule has 28 heavy (non-hydrogen) atoms. The minimum absolute atomic E-state index is 0. The van der Waals surface area contributed by atoms with Gasteiger partial charge in [0.25, 0.3) is 0 Å². The number of nitrogens with zero attached hydrogens (tertiary/aromatic N) is 2. The predicted octanol–water partition coefficient (Wildman–Crippen LogP) is 3.61. The molecule has 1 unspecified atom stereocenters. The molecule has 0 amide bonds. The average molecular weight is 537 g/mol. The van der Waals surface area contributed by atoms with Crippen molar-refractivity contribution in [2.45, 2.75) is 39.8 Å².